The summed E-state index contributed by atoms with van der Waals surface area (Å²) in [5, 5.41) is 11.1. The molecule has 0 aromatic heterocycles. The maximum atomic E-state index is 9.93. The summed E-state index contributed by atoms with van der Waals surface area (Å²) >= 11 is 11.6. The predicted octanol–water partition coefficient (Wildman–Crippen LogP) is 3.17. The SMILES string of the molecule is CCCC1(O)C=C(Cl)C=C(Cl)C1. The van der Waals surface area contributed by atoms with Crippen molar-refractivity contribution in [1.82, 2.24) is 0 Å². The summed E-state index contributed by atoms with van der Waals surface area (Å²) in [4.78, 5) is 0. The second kappa shape index (κ2) is 3.82. The summed E-state index contributed by atoms with van der Waals surface area (Å²) in [6, 6.07) is 0. The summed E-state index contributed by atoms with van der Waals surface area (Å²) < 4.78 is 0. The van der Waals surface area contributed by atoms with Crippen LogP contribution >= 0.6 is 23.2 Å². The third-order valence-electron chi connectivity index (χ3n) is 1.86. The molecule has 0 aliphatic heterocycles. The van der Waals surface area contributed by atoms with Crippen molar-refractivity contribution in [3.8, 4) is 0 Å². The van der Waals surface area contributed by atoms with Crippen LogP contribution < -0.4 is 0 Å². The van der Waals surface area contributed by atoms with Gasteiger partial charge in [0.25, 0.3) is 0 Å². The first-order chi connectivity index (χ1) is 5.56. The average molecular weight is 207 g/mol. The number of hydrogen-bond donors (Lipinski definition) is 1. The Morgan fingerprint density at radius 3 is 2.75 bits per heavy atom. The van der Waals surface area contributed by atoms with Crippen LogP contribution in [-0.4, -0.2) is 10.7 Å². The molecular formula is C9H12Cl2O. The van der Waals surface area contributed by atoms with Gasteiger partial charge in [-0.05, 0) is 18.6 Å². The first kappa shape index (κ1) is 10.1. The first-order valence-electron chi connectivity index (χ1n) is 4.02. The zero-order valence-corrected chi connectivity index (χ0v) is 8.49. The molecule has 0 amide bonds. The van der Waals surface area contributed by atoms with Crippen molar-refractivity contribution >= 4 is 23.2 Å². The van der Waals surface area contributed by atoms with Gasteiger partial charge in [0.15, 0.2) is 0 Å². The molecule has 1 N–H and O–H groups in total. The van der Waals surface area contributed by atoms with Crippen molar-refractivity contribution in [2.24, 2.45) is 0 Å². The monoisotopic (exact) mass is 206 g/mol. The molecule has 0 saturated carbocycles. The van der Waals surface area contributed by atoms with Gasteiger partial charge in [-0.2, -0.15) is 0 Å². The van der Waals surface area contributed by atoms with Crippen LogP contribution in [0.4, 0.5) is 0 Å². The van der Waals surface area contributed by atoms with Gasteiger partial charge in [0.05, 0.1) is 5.60 Å². The number of halogens is 2. The van der Waals surface area contributed by atoms with Crippen LogP contribution in [0.15, 0.2) is 22.2 Å². The van der Waals surface area contributed by atoms with Gasteiger partial charge >= 0.3 is 0 Å². The van der Waals surface area contributed by atoms with Crippen molar-refractivity contribution < 1.29 is 5.11 Å². The molecule has 12 heavy (non-hydrogen) atoms. The molecule has 0 aromatic carbocycles. The lowest BCUT2D eigenvalue weighted by Gasteiger charge is -2.26. The number of allylic oxidation sites excluding steroid dienone is 2. The van der Waals surface area contributed by atoms with E-state index in [1.807, 2.05) is 6.92 Å². The number of aliphatic hydroxyl groups is 1. The normalized spacial score (nSPS) is 29.7. The van der Waals surface area contributed by atoms with Gasteiger partial charge in [-0.25, -0.2) is 0 Å². The Hall–Kier alpha value is 0.0200. The van der Waals surface area contributed by atoms with Crippen LogP contribution in [0.25, 0.3) is 0 Å². The molecule has 0 heterocycles. The van der Waals surface area contributed by atoms with E-state index in [-0.39, 0.29) is 0 Å². The van der Waals surface area contributed by atoms with Crippen LogP contribution in [0.3, 0.4) is 0 Å². The van der Waals surface area contributed by atoms with Crippen molar-refractivity contribution in [2.45, 2.75) is 31.8 Å². The Balaban J connectivity index is 2.77. The lowest BCUT2D eigenvalue weighted by atomic mass is 9.90. The van der Waals surface area contributed by atoms with Gasteiger partial charge in [0, 0.05) is 16.5 Å². The van der Waals surface area contributed by atoms with Gasteiger partial charge in [-0.15, -0.1) is 0 Å². The van der Waals surface area contributed by atoms with E-state index >= 15 is 0 Å². The largest absolute Gasteiger partial charge is 0.385 e. The van der Waals surface area contributed by atoms with Crippen molar-refractivity contribution in [2.75, 3.05) is 0 Å². The van der Waals surface area contributed by atoms with Crippen LogP contribution in [0.2, 0.25) is 0 Å². The van der Waals surface area contributed by atoms with E-state index in [0.29, 0.717) is 22.9 Å². The number of rotatable bonds is 2. The zero-order chi connectivity index (χ0) is 9.19. The second-order valence-electron chi connectivity index (χ2n) is 3.15. The molecule has 1 unspecified atom stereocenters. The molecule has 1 aliphatic carbocycles. The summed E-state index contributed by atoms with van der Waals surface area (Å²) in [5.41, 5.74) is -0.822. The molecule has 0 spiro atoms. The summed E-state index contributed by atoms with van der Waals surface area (Å²) in [6.45, 7) is 2.02. The first-order valence-corrected chi connectivity index (χ1v) is 4.78. The maximum Gasteiger partial charge on any atom is 0.0893 e. The van der Waals surface area contributed by atoms with Crippen LogP contribution in [0, 0.1) is 0 Å². The van der Waals surface area contributed by atoms with Crippen LogP contribution in [-0.2, 0) is 0 Å². The van der Waals surface area contributed by atoms with E-state index in [4.69, 9.17) is 23.2 Å². The molecule has 1 rings (SSSR count). The van der Waals surface area contributed by atoms with E-state index in [0.717, 1.165) is 6.42 Å². The fourth-order valence-corrected chi connectivity index (χ4v) is 2.18. The molecule has 1 aliphatic rings. The lowest BCUT2D eigenvalue weighted by Crippen LogP contribution is -2.27. The summed E-state index contributed by atoms with van der Waals surface area (Å²) in [7, 11) is 0. The highest BCUT2D eigenvalue weighted by Gasteiger charge is 2.27. The Kier molecular flexibility index (Phi) is 3.22. The third-order valence-corrected chi connectivity index (χ3v) is 2.32. The molecule has 68 valence electrons. The molecule has 1 nitrogen and oxygen atoms in total. The van der Waals surface area contributed by atoms with Gasteiger partial charge in [-0.3, -0.25) is 0 Å². The molecule has 1 atom stereocenters. The molecule has 0 bridgehead atoms. The van der Waals surface area contributed by atoms with E-state index < -0.39 is 5.60 Å². The molecule has 0 fully saturated rings. The quantitative estimate of drug-likeness (QED) is 0.737. The second-order valence-corrected chi connectivity index (χ2v) is 4.07. The Bertz CT molecular complexity index is 233. The minimum atomic E-state index is -0.822. The summed E-state index contributed by atoms with van der Waals surface area (Å²) in [5.74, 6) is 0. The van der Waals surface area contributed by atoms with Gasteiger partial charge < -0.3 is 5.11 Å². The highest BCUT2D eigenvalue weighted by molar-refractivity contribution is 6.35. The number of hydrogen-bond acceptors (Lipinski definition) is 1. The lowest BCUT2D eigenvalue weighted by molar-refractivity contribution is 0.0812. The molecule has 3 heteroatoms. The van der Waals surface area contributed by atoms with E-state index in [1.165, 1.54) is 0 Å². The Morgan fingerprint density at radius 1 is 1.58 bits per heavy atom. The van der Waals surface area contributed by atoms with Crippen LogP contribution in [0.1, 0.15) is 26.2 Å². The minimum Gasteiger partial charge on any atom is -0.385 e. The van der Waals surface area contributed by atoms with Gasteiger partial charge in [0.1, 0.15) is 0 Å². The predicted molar refractivity (Wildman–Crippen MR) is 52.3 cm³/mol. The van der Waals surface area contributed by atoms with Gasteiger partial charge in [0.2, 0.25) is 0 Å². The van der Waals surface area contributed by atoms with Crippen LogP contribution in [0.5, 0.6) is 0 Å². The standard InChI is InChI=1S/C9H12Cl2O/c1-2-3-9(12)5-7(10)4-8(11)6-9/h4-5,12H,2-3,6H2,1H3. The highest BCUT2D eigenvalue weighted by atomic mass is 35.5. The van der Waals surface area contributed by atoms with E-state index in [1.54, 1.807) is 12.2 Å². The maximum absolute atomic E-state index is 9.93. The zero-order valence-electron chi connectivity index (χ0n) is 6.98. The summed E-state index contributed by atoms with van der Waals surface area (Å²) in [6.07, 6.45) is 5.45. The van der Waals surface area contributed by atoms with E-state index in [2.05, 4.69) is 0 Å². The van der Waals surface area contributed by atoms with Crippen molar-refractivity contribution in [1.29, 1.82) is 0 Å². The molecular weight excluding hydrogens is 195 g/mol. The molecule has 0 aromatic rings. The highest BCUT2D eigenvalue weighted by Crippen LogP contribution is 2.33. The smallest absolute Gasteiger partial charge is 0.0893 e. The fraction of sp³-hybridized carbons (Fsp3) is 0.556. The third kappa shape index (κ3) is 2.51. The topological polar surface area (TPSA) is 20.2 Å². The molecule has 0 saturated heterocycles. The average Bonchev–Trinajstić information content (AvgIpc) is 1.82. The minimum absolute atomic E-state index is 0.485. The van der Waals surface area contributed by atoms with E-state index in [9.17, 15) is 5.11 Å². The Labute approximate surface area is 82.7 Å². The Morgan fingerprint density at radius 2 is 2.25 bits per heavy atom. The van der Waals surface area contributed by atoms with Gasteiger partial charge in [-0.1, -0.05) is 36.5 Å². The molecule has 0 radical (unpaired) electrons. The van der Waals surface area contributed by atoms with Crippen molar-refractivity contribution in [3.05, 3.63) is 22.2 Å². The van der Waals surface area contributed by atoms with Crippen molar-refractivity contribution in [3.63, 3.8) is 0 Å². The fourth-order valence-electron chi connectivity index (χ4n) is 1.44.